The van der Waals surface area contributed by atoms with Gasteiger partial charge in [0.1, 0.15) is 0 Å². The van der Waals surface area contributed by atoms with Gasteiger partial charge in [-0.2, -0.15) is 11.8 Å². The zero-order valence-corrected chi connectivity index (χ0v) is 13.3. The molecule has 0 aromatic rings. The van der Waals surface area contributed by atoms with Crippen molar-refractivity contribution in [2.24, 2.45) is 5.41 Å². The van der Waals surface area contributed by atoms with Gasteiger partial charge in [-0.15, -0.1) is 0 Å². The molecule has 0 aliphatic carbocycles. The fourth-order valence-corrected chi connectivity index (χ4v) is 4.14. The van der Waals surface area contributed by atoms with Crippen molar-refractivity contribution in [3.63, 3.8) is 0 Å². The van der Waals surface area contributed by atoms with Gasteiger partial charge >= 0.3 is 0 Å². The molecule has 0 saturated carbocycles. The largest absolute Gasteiger partial charge is 0.152 e. The SMILES string of the molecule is CCC(CC)SC(C)(C)CC(C)(CC)CC. The van der Waals surface area contributed by atoms with Crippen molar-refractivity contribution in [2.45, 2.75) is 90.6 Å². The fourth-order valence-electron chi connectivity index (χ4n) is 2.48. The van der Waals surface area contributed by atoms with Gasteiger partial charge in [-0.3, -0.25) is 0 Å². The summed E-state index contributed by atoms with van der Waals surface area (Å²) in [5.41, 5.74) is 0.530. The number of hydrogen-bond donors (Lipinski definition) is 0. The summed E-state index contributed by atoms with van der Waals surface area (Å²) < 4.78 is 0.428. The first-order chi connectivity index (χ1) is 7.32. The molecule has 0 aromatic heterocycles. The smallest absolute Gasteiger partial charge is 0.0111 e. The maximum absolute atomic E-state index is 2.45. The highest BCUT2D eigenvalue weighted by Gasteiger charge is 2.31. The van der Waals surface area contributed by atoms with Gasteiger partial charge in [-0.05, 0) is 24.7 Å². The molecule has 0 rings (SSSR count). The molecule has 0 radical (unpaired) electrons. The molecule has 0 saturated heterocycles. The summed E-state index contributed by atoms with van der Waals surface area (Å²) in [6.45, 7) is 16.6. The average Bonchev–Trinajstić information content (AvgIpc) is 2.25. The van der Waals surface area contributed by atoms with Crippen LogP contribution in [0.15, 0.2) is 0 Å². The first-order valence-electron chi connectivity index (χ1n) is 7.00. The minimum absolute atomic E-state index is 0.428. The summed E-state index contributed by atoms with van der Waals surface area (Å²) >= 11 is 2.20. The summed E-state index contributed by atoms with van der Waals surface area (Å²) in [5, 5.41) is 0.841. The second kappa shape index (κ2) is 6.93. The molecule has 0 aliphatic rings. The second-order valence-electron chi connectivity index (χ2n) is 6.01. The Bertz CT molecular complexity index is 176. The van der Waals surface area contributed by atoms with Crippen molar-refractivity contribution in [2.75, 3.05) is 0 Å². The Labute approximate surface area is 108 Å². The first-order valence-corrected chi connectivity index (χ1v) is 7.88. The van der Waals surface area contributed by atoms with Crippen LogP contribution < -0.4 is 0 Å². The normalized spacial score (nSPS) is 13.5. The van der Waals surface area contributed by atoms with E-state index >= 15 is 0 Å². The molecular formula is C15H32S. The summed E-state index contributed by atoms with van der Waals surface area (Å²) in [6, 6.07) is 0. The van der Waals surface area contributed by atoms with Gasteiger partial charge in [0, 0.05) is 10.00 Å². The molecule has 0 amide bonds. The molecule has 98 valence electrons. The Morgan fingerprint density at radius 2 is 1.31 bits per heavy atom. The highest BCUT2D eigenvalue weighted by atomic mass is 32.2. The van der Waals surface area contributed by atoms with Crippen molar-refractivity contribution >= 4 is 11.8 Å². The van der Waals surface area contributed by atoms with Crippen LogP contribution in [0.2, 0.25) is 0 Å². The zero-order chi connectivity index (χ0) is 12.8. The van der Waals surface area contributed by atoms with Gasteiger partial charge in [0.2, 0.25) is 0 Å². The molecule has 0 unspecified atom stereocenters. The lowest BCUT2D eigenvalue weighted by Crippen LogP contribution is -2.29. The summed E-state index contributed by atoms with van der Waals surface area (Å²) in [6.07, 6.45) is 6.56. The van der Waals surface area contributed by atoms with E-state index in [1.54, 1.807) is 0 Å². The minimum Gasteiger partial charge on any atom is -0.152 e. The summed E-state index contributed by atoms with van der Waals surface area (Å²) in [4.78, 5) is 0. The third-order valence-electron chi connectivity index (χ3n) is 3.96. The monoisotopic (exact) mass is 244 g/mol. The van der Waals surface area contributed by atoms with Crippen LogP contribution in [-0.2, 0) is 0 Å². The number of thioether (sulfide) groups is 1. The van der Waals surface area contributed by atoms with Crippen LogP contribution in [0, 0.1) is 5.41 Å². The molecule has 0 nitrogen and oxygen atoms in total. The quantitative estimate of drug-likeness (QED) is 0.512. The van der Waals surface area contributed by atoms with E-state index in [0.29, 0.717) is 10.2 Å². The Kier molecular flexibility index (Phi) is 7.09. The van der Waals surface area contributed by atoms with E-state index in [1.807, 2.05) is 0 Å². The van der Waals surface area contributed by atoms with Gasteiger partial charge in [0.25, 0.3) is 0 Å². The van der Waals surface area contributed by atoms with Gasteiger partial charge in [-0.25, -0.2) is 0 Å². The molecule has 0 spiro atoms. The van der Waals surface area contributed by atoms with Gasteiger partial charge in [0.05, 0.1) is 0 Å². The molecule has 0 bridgehead atoms. The van der Waals surface area contributed by atoms with E-state index in [1.165, 1.54) is 32.1 Å². The molecule has 0 atom stereocenters. The van der Waals surface area contributed by atoms with E-state index in [0.717, 1.165) is 5.25 Å². The molecule has 1 heteroatoms. The van der Waals surface area contributed by atoms with Crippen LogP contribution >= 0.6 is 11.8 Å². The highest BCUT2D eigenvalue weighted by molar-refractivity contribution is 8.01. The predicted octanol–water partition coefficient (Wildman–Crippen LogP) is 5.90. The molecule has 0 aliphatic heterocycles. The van der Waals surface area contributed by atoms with Gasteiger partial charge in [0.15, 0.2) is 0 Å². The van der Waals surface area contributed by atoms with E-state index in [2.05, 4.69) is 60.2 Å². The van der Waals surface area contributed by atoms with Crippen molar-refractivity contribution in [3.05, 3.63) is 0 Å². The predicted molar refractivity (Wildman–Crippen MR) is 79.3 cm³/mol. The number of hydrogen-bond acceptors (Lipinski definition) is 1. The highest BCUT2D eigenvalue weighted by Crippen LogP contribution is 2.43. The lowest BCUT2D eigenvalue weighted by molar-refractivity contribution is 0.249. The molecular weight excluding hydrogens is 212 g/mol. The van der Waals surface area contributed by atoms with Gasteiger partial charge in [-0.1, -0.05) is 61.3 Å². The zero-order valence-electron chi connectivity index (χ0n) is 12.5. The lowest BCUT2D eigenvalue weighted by atomic mass is 9.77. The van der Waals surface area contributed by atoms with Crippen LogP contribution in [0.3, 0.4) is 0 Å². The van der Waals surface area contributed by atoms with Crippen LogP contribution in [0.5, 0.6) is 0 Å². The summed E-state index contributed by atoms with van der Waals surface area (Å²) in [7, 11) is 0. The van der Waals surface area contributed by atoms with E-state index in [4.69, 9.17) is 0 Å². The third kappa shape index (κ3) is 5.61. The maximum Gasteiger partial charge on any atom is 0.0111 e. The Hall–Kier alpha value is 0.350. The maximum atomic E-state index is 2.45. The van der Waals surface area contributed by atoms with E-state index in [9.17, 15) is 0 Å². The van der Waals surface area contributed by atoms with Crippen molar-refractivity contribution in [1.29, 1.82) is 0 Å². The summed E-state index contributed by atoms with van der Waals surface area (Å²) in [5.74, 6) is 0. The van der Waals surface area contributed by atoms with Crippen molar-refractivity contribution < 1.29 is 0 Å². The van der Waals surface area contributed by atoms with Crippen LogP contribution in [0.1, 0.15) is 80.6 Å². The van der Waals surface area contributed by atoms with Crippen LogP contribution in [0.4, 0.5) is 0 Å². The molecule has 0 N–H and O–H groups in total. The fraction of sp³-hybridized carbons (Fsp3) is 1.00. The second-order valence-corrected chi connectivity index (χ2v) is 8.02. The molecule has 0 fully saturated rings. The van der Waals surface area contributed by atoms with Crippen molar-refractivity contribution in [3.8, 4) is 0 Å². The average molecular weight is 244 g/mol. The van der Waals surface area contributed by atoms with E-state index < -0.39 is 0 Å². The van der Waals surface area contributed by atoms with Gasteiger partial charge < -0.3 is 0 Å². The van der Waals surface area contributed by atoms with Crippen LogP contribution in [-0.4, -0.2) is 10.00 Å². The standard InChI is InChI=1S/C15H32S/c1-8-13(9-2)16-14(5,6)12-15(7,10-3)11-4/h13H,8-12H2,1-7H3. The third-order valence-corrected chi connectivity index (χ3v) is 5.74. The first kappa shape index (κ1) is 16.4. The Morgan fingerprint density at radius 3 is 1.62 bits per heavy atom. The Morgan fingerprint density at radius 1 is 0.875 bits per heavy atom. The number of rotatable bonds is 8. The molecule has 0 heterocycles. The molecule has 16 heavy (non-hydrogen) atoms. The van der Waals surface area contributed by atoms with Crippen molar-refractivity contribution in [1.82, 2.24) is 0 Å². The molecule has 0 aromatic carbocycles. The lowest BCUT2D eigenvalue weighted by Gasteiger charge is -2.38. The topological polar surface area (TPSA) is 0 Å². The Balaban J connectivity index is 4.42. The van der Waals surface area contributed by atoms with Crippen LogP contribution in [0.25, 0.3) is 0 Å². The minimum atomic E-state index is 0.428. The van der Waals surface area contributed by atoms with E-state index in [-0.39, 0.29) is 0 Å².